The van der Waals surface area contributed by atoms with Crippen LogP contribution in [0.4, 0.5) is 0 Å². The van der Waals surface area contributed by atoms with Gasteiger partial charge in [-0.3, -0.25) is 4.79 Å². The number of rotatable bonds is 6. The van der Waals surface area contributed by atoms with Crippen LogP contribution in [0.3, 0.4) is 0 Å². The highest BCUT2D eigenvalue weighted by Crippen LogP contribution is 2.20. The van der Waals surface area contributed by atoms with E-state index in [0.29, 0.717) is 18.7 Å². The third kappa shape index (κ3) is 4.26. The molecule has 0 radical (unpaired) electrons. The molecule has 0 bridgehead atoms. The van der Waals surface area contributed by atoms with Crippen molar-refractivity contribution in [1.29, 1.82) is 0 Å². The molecule has 21 heavy (non-hydrogen) atoms. The summed E-state index contributed by atoms with van der Waals surface area (Å²) in [6.45, 7) is 3.08. The molecule has 0 atom stereocenters. The Balaban J connectivity index is 2.02. The normalized spacial score (nSPS) is 10.2. The van der Waals surface area contributed by atoms with Crippen LogP contribution in [0.1, 0.15) is 22.8 Å². The maximum atomic E-state index is 12.3. The third-order valence-corrected chi connectivity index (χ3v) is 3.81. The topological polar surface area (TPSA) is 38.3 Å². The fourth-order valence-corrected chi connectivity index (χ4v) is 2.62. The van der Waals surface area contributed by atoms with Gasteiger partial charge in [0.25, 0.3) is 5.91 Å². The second-order valence-corrected chi connectivity index (χ2v) is 5.31. The summed E-state index contributed by atoms with van der Waals surface area (Å²) in [6.07, 6.45) is 1.97. The lowest BCUT2D eigenvalue weighted by molar-refractivity contribution is 0.0948. The van der Waals surface area contributed by atoms with E-state index < -0.39 is 0 Å². The molecular formula is C17H19NO2S. The van der Waals surface area contributed by atoms with Crippen LogP contribution in [0, 0.1) is 0 Å². The standard InChI is InChI=1S/C17H19NO2S/c1-3-20-14-8-6-7-13(11-14)12-18-17(19)15-9-4-5-10-16(15)21-2/h4-11H,3,12H2,1-2H3,(H,18,19). The van der Waals surface area contributed by atoms with Crippen molar-refractivity contribution < 1.29 is 9.53 Å². The van der Waals surface area contributed by atoms with E-state index in [1.165, 1.54) is 0 Å². The van der Waals surface area contributed by atoms with Crippen molar-refractivity contribution in [2.75, 3.05) is 12.9 Å². The molecule has 0 aliphatic heterocycles. The lowest BCUT2D eigenvalue weighted by Crippen LogP contribution is -2.23. The summed E-state index contributed by atoms with van der Waals surface area (Å²) >= 11 is 1.57. The van der Waals surface area contributed by atoms with Gasteiger partial charge >= 0.3 is 0 Å². The lowest BCUT2D eigenvalue weighted by atomic mass is 10.2. The summed E-state index contributed by atoms with van der Waals surface area (Å²) in [5.41, 5.74) is 1.74. The Morgan fingerprint density at radius 2 is 2.00 bits per heavy atom. The molecule has 0 saturated carbocycles. The van der Waals surface area contributed by atoms with Crippen LogP contribution in [0.2, 0.25) is 0 Å². The van der Waals surface area contributed by atoms with E-state index in [-0.39, 0.29) is 5.91 Å². The molecule has 4 heteroatoms. The number of hydrogen-bond acceptors (Lipinski definition) is 3. The van der Waals surface area contributed by atoms with E-state index in [4.69, 9.17) is 4.74 Å². The molecule has 2 aromatic carbocycles. The molecule has 0 aliphatic rings. The first-order chi connectivity index (χ1) is 10.2. The molecular weight excluding hydrogens is 282 g/mol. The minimum Gasteiger partial charge on any atom is -0.494 e. The van der Waals surface area contributed by atoms with Gasteiger partial charge in [0.15, 0.2) is 0 Å². The van der Waals surface area contributed by atoms with E-state index in [1.54, 1.807) is 11.8 Å². The summed E-state index contributed by atoms with van der Waals surface area (Å²) in [5, 5.41) is 2.95. The molecule has 0 heterocycles. The Hall–Kier alpha value is -1.94. The van der Waals surface area contributed by atoms with Crippen molar-refractivity contribution in [2.24, 2.45) is 0 Å². The average molecular weight is 301 g/mol. The van der Waals surface area contributed by atoms with Gasteiger partial charge in [-0.2, -0.15) is 0 Å². The van der Waals surface area contributed by atoms with Crippen molar-refractivity contribution in [3.63, 3.8) is 0 Å². The molecule has 1 amide bonds. The number of ether oxygens (including phenoxy) is 1. The van der Waals surface area contributed by atoms with E-state index in [2.05, 4.69) is 5.32 Å². The highest BCUT2D eigenvalue weighted by Gasteiger charge is 2.09. The molecule has 0 aromatic heterocycles. The largest absolute Gasteiger partial charge is 0.494 e. The number of carbonyl (C=O) groups excluding carboxylic acids is 1. The first-order valence-electron chi connectivity index (χ1n) is 6.87. The smallest absolute Gasteiger partial charge is 0.252 e. The minimum atomic E-state index is -0.0539. The van der Waals surface area contributed by atoms with Crippen LogP contribution in [-0.4, -0.2) is 18.8 Å². The summed E-state index contributed by atoms with van der Waals surface area (Å²) in [7, 11) is 0. The van der Waals surface area contributed by atoms with Gasteiger partial charge in [0, 0.05) is 11.4 Å². The predicted molar refractivity (Wildman–Crippen MR) is 87.0 cm³/mol. The van der Waals surface area contributed by atoms with Gasteiger partial charge in [0.2, 0.25) is 0 Å². The zero-order valence-corrected chi connectivity index (χ0v) is 13.1. The van der Waals surface area contributed by atoms with Gasteiger partial charge in [0.05, 0.1) is 12.2 Å². The molecule has 2 rings (SSSR count). The van der Waals surface area contributed by atoms with Crippen LogP contribution >= 0.6 is 11.8 Å². The van der Waals surface area contributed by atoms with E-state index >= 15 is 0 Å². The summed E-state index contributed by atoms with van der Waals surface area (Å²) in [5.74, 6) is 0.774. The van der Waals surface area contributed by atoms with Crippen LogP contribution < -0.4 is 10.1 Å². The van der Waals surface area contributed by atoms with Crippen molar-refractivity contribution in [2.45, 2.75) is 18.4 Å². The Bertz CT molecular complexity index is 613. The quantitative estimate of drug-likeness (QED) is 0.826. The highest BCUT2D eigenvalue weighted by atomic mass is 32.2. The minimum absolute atomic E-state index is 0.0539. The zero-order valence-electron chi connectivity index (χ0n) is 12.3. The molecule has 0 spiro atoms. The maximum absolute atomic E-state index is 12.3. The number of benzene rings is 2. The Labute approximate surface area is 129 Å². The van der Waals surface area contributed by atoms with Gasteiger partial charge in [0.1, 0.15) is 5.75 Å². The average Bonchev–Trinajstić information content (AvgIpc) is 2.53. The van der Waals surface area contributed by atoms with Crippen molar-refractivity contribution in [3.05, 3.63) is 59.7 Å². The lowest BCUT2D eigenvalue weighted by Gasteiger charge is -2.09. The van der Waals surface area contributed by atoms with Crippen LogP contribution in [0.15, 0.2) is 53.4 Å². The molecule has 1 N–H and O–H groups in total. The van der Waals surface area contributed by atoms with Crippen molar-refractivity contribution in [3.8, 4) is 5.75 Å². The first-order valence-corrected chi connectivity index (χ1v) is 8.10. The Kier molecular flexibility index (Phi) is 5.69. The molecule has 0 aliphatic carbocycles. The number of hydrogen-bond donors (Lipinski definition) is 1. The molecule has 0 fully saturated rings. The Morgan fingerprint density at radius 1 is 1.19 bits per heavy atom. The second-order valence-electron chi connectivity index (χ2n) is 4.46. The van der Waals surface area contributed by atoms with E-state index in [0.717, 1.165) is 16.2 Å². The monoisotopic (exact) mass is 301 g/mol. The SMILES string of the molecule is CCOc1cccc(CNC(=O)c2ccccc2SC)c1. The first kappa shape index (κ1) is 15.4. The fraction of sp³-hybridized carbons (Fsp3) is 0.235. The Morgan fingerprint density at radius 3 is 2.76 bits per heavy atom. The predicted octanol–water partition coefficient (Wildman–Crippen LogP) is 3.74. The van der Waals surface area contributed by atoms with Gasteiger partial charge in [-0.25, -0.2) is 0 Å². The molecule has 3 nitrogen and oxygen atoms in total. The second kappa shape index (κ2) is 7.74. The van der Waals surface area contributed by atoms with Crippen molar-refractivity contribution >= 4 is 17.7 Å². The molecule has 2 aromatic rings. The van der Waals surface area contributed by atoms with E-state index in [1.807, 2.05) is 61.7 Å². The zero-order chi connectivity index (χ0) is 15.1. The third-order valence-electron chi connectivity index (χ3n) is 3.01. The van der Waals surface area contributed by atoms with Crippen LogP contribution in [0.5, 0.6) is 5.75 Å². The van der Waals surface area contributed by atoms with Gasteiger partial charge in [-0.05, 0) is 43.0 Å². The van der Waals surface area contributed by atoms with E-state index in [9.17, 15) is 4.79 Å². The fourth-order valence-electron chi connectivity index (χ4n) is 2.02. The number of amides is 1. The molecule has 0 unspecified atom stereocenters. The van der Waals surface area contributed by atoms with Crippen molar-refractivity contribution in [1.82, 2.24) is 5.32 Å². The van der Waals surface area contributed by atoms with Gasteiger partial charge in [-0.15, -0.1) is 11.8 Å². The summed E-state index contributed by atoms with van der Waals surface area (Å²) < 4.78 is 5.46. The van der Waals surface area contributed by atoms with Gasteiger partial charge < -0.3 is 10.1 Å². The summed E-state index contributed by atoms with van der Waals surface area (Å²) in [4.78, 5) is 13.2. The molecule has 0 saturated heterocycles. The van der Waals surface area contributed by atoms with Crippen LogP contribution in [-0.2, 0) is 6.54 Å². The van der Waals surface area contributed by atoms with Gasteiger partial charge in [-0.1, -0.05) is 24.3 Å². The highest BCUT2D eigenvalue weighted by molar-refractivity contribution is 7.98. The maximum Gasteiger partial charge on any atom is 0.252 e. The summed E-state index contributed by atoms with van der Waals surface area (Å²) in [6, 6.07) is 15.4. The molecule has 110 valence electrons. The number of nitrogens with one attached hydrogen (secondary N) is 1. The number of thioether (sulfide) groups is 1. The van der Waals surface area contributed by atoms with Crippen LogP contribution in [0.25, 0.3) is 0 Å². The number of carbonyl (C=O) groups is 1.